The Morgan fingerprint density at radius 1 is 1.62 bits per heavy atom. The van der Waals surface area contributed by atoms with E-state index < -0.39 is 10.8 Å². The number of ether oxygens (including phenoxy) is 1. The fourth-order valence-corrected chi connectivity index (χ4v) is 1.85. The van der Waals surface area contributed by atoms with Gasteiger partial charge in [-0.15, -0.1) is 0 Å². The third kappa shape index (κ3) is 3.53. The van der Waals surface area contributed by atoms with E-state index in [9.17, 15) is 14.9 Å². The number of nitrogens with zero attached hydrogens (tertiary/aromatic N) is 2. The first-order valence-corrected chi connectivity index (χ1v) is 6.27. The minimum Gasteiger partial charge on any atom is -0.363 e. The minimum atomic E-state index is -0.597. The molecule has 0 aromatic heterocycles. The fraction of sp³-hybridized carbons (Fsp3) is 0.385. The molecule has 1 fully saturated rings. The standard InChI is InChI=1S/C13H14N4O4/c1-13(7-15-8-13)21-6-12(18)16-11-3-2-10(17(19)20)4-9(11)5-14/h2-4,15H,6-8H2,1H3,(H,16,18). The highest BCUT2D eigenvalue weighted by Crippen LogP contribution is 2.21. The molecular formula is C13H14N4O4. The second-order valence-corrected chi connectivity index (χ2v) is 4.99. The molecule has 1 aliphatic rings. The Bertz CT molecular complexity index is 619. The predicted octanol–water partition coefficient (Wildman–Crippen LogP) is 0.783. The highest BCUT2D eigenvalue weighted by molar-refractivity contribution is 5.93. The van der Waals surface area contributed by atoms with Gasteiger partial charge in [0.05, 0.1) is 21.8 Å². The van der Waals surface area contributed by atoms with Crippen molar-refractivity contribution in [1.29, 1.82) is 5.26 Å². The first-order chi connectivity index (χ1) is 9.93. The monoisotopic (exact) mass is 290 g/mol. The van der Waals surface area contributed by atoms with Crippen LogP contribution in [0.15, 0.2) is 18.2 Å². The first-order valence-electron chi connectivity index (χ1n) is 6.27. The lowest BCUT2D eigenvalue weighted by Crippen LogP contribution is -2.59. The number of rotatable bonds is 5. The third-order valence-electron chi connectivity index (χ3n) is 3.16. The van der Waals surface area contributed by atoms with Crippen molar-refractivity contribution in [2.45, 2.75) is 12.5 Å². The predicted molar refractivity (Wildman–Crippen MR) is 73.7 cm³/mol. The maximum absolute atomic E-state index is 11.8. The number of hydrogen-bond donors (Lipinski definition) is 2. The second kappa shape index (κ2) is 5.87. The third-order valence-corrected chi connectivity index (χ3v) is 3.16. The van der Waals surface area contributed by atoms with Crippen LogP contribution in [0.1, 0.15) is 12.5 Å². The van der Waals surface area contributed by atoms with Crippen LogP contribution in [0.25, 0.3) is 0 Å². The Labute approximate surface area is 120 Å². The molecule has 0 aliphatic carbocycles. The highest BCUT2D eigenvalue weighted by Gasteiger charge is 2.33. The number of carbonyl (C=O) groups excluding carboxylic acids is 1. The number of nitrogens with one attached hydrogen (secondary N) is 2. The van der Waals surface area contributed by atoms with Crippen molar-refractivity contribution in [3.63, 3.8) is 0 Å². The normalized spacial score (nSPS) is 15.6. The van der Waals surface area contributed by atoms with Crippen LogP contribution in [-0.2, 0) is 9.53 Å². The average Bonchev–Trinajstić information content (AvgIpc) is 2.43. The van der Waals surface area contributed by atoms with Gasteiger partial charge in [0.15, 0.2) is 0 Å². The van der Waals surface area contributed by atoms with Crippen molar-refractivity contribution in [1.82, 2.24) is 5.32 Å². The van der Waals surface area contributed by atoms with E-state index in [-0.39, 0.29) is 29.1 Å². The van der Waals surface area contributed by atoms with Crippen molar-refractivity contribution >= 4 is 17.3 Å². The van der Waals surface area contributed by atoms with E-state index in [2.05, 4.69) is 10.6 Å². The minimum absolute atomic E-state index is 0.0362. The molecule has 110 valence electrons. The Balaban J connectivity index is 2.00. The van der Waals surface area contributed by atoms with Gasteiger partial charge in [-0.2, -0.15) is 5.26 Å². The molecule has 0 atom stereocenters. The van der Waals surface area contributed by atoms with Crippen molar-refractivity contribution in [2.24, 2.45) is 0 Å². The summed E-state index contributed by atoms with van der Waals surface area (Å²) in [5.74, 6) is -0.409. The summed E-state index contributed by atoms with van der Waals surface area (Å²) in [7, 11) is 0. The topological polar surface area (TPSA) is 117 Å². The molecule has 0 unspecified atom stereocenters. The SMILES string of the molecule is CC1(OCC(=O)Nc2ccc([N+](=O)[O-])cc2C#N)CNC1. The molecule has 1 heterocycles. The zero-order chi connectivity index (χ0) is 15.5. The van der Waals surface area contributed by atoms with Crippen LogP contribution in [0, 0.1) is 21.4 Å². The number of non-ortho nitro benzene ring substituents is 1. The van der Waals surface area contributed by atoms with Gasteiger partial charge in [0.2, 0.25) is 5.91 Å². The van der Waals surface area contributed by atoms with E-state index in [4.69, 9.17) is 10.00 Å². The van der Waals surface area contributed by atoms with Gasteiger partial charge in [0.25, 0.3) is 5.69 Å². The van der Waals surface area contributed by atoms with Crippen molar-refractivity contribution in [2.75, 3.05) is 25.0 Å². The van der Waals surface area contributed by atoms with Crippen molar-refractivity contribution < 1.29 is 14.5 Å². The van der Waals surface area contributed by atoms with Crippen molar-refractivity contribution in [3.8, 4) is 6.07 Å². The molecule has 1 aromatic rings. The number of anilines is 1. The summed E-state index contributed by atoms with van der Waals surface area (Å²) in [4.78, 5) is 21.8. The average molecular weight is 290 g/mol. The number of hydrogen-bond acceptors (Lipinski definition) is 6. The fourth-order valence-electron chi connectivity index (χ4n) is 1.85. The number of nitro benzene ring substituents is 1. The Kier molecular flexibility index (Phi) is 4.16. The summed E-state index contributed by atoms with van der Waals surface area (Å²) in [6.45, 7) is 3.12. The Hall–Kier alpha value is -2.50. The van der Waals surface area contributed by atoms with Gasteiger partial charge >= 0.3 is 0 Å². The van der Waals surface area contributed by atoms with Crippen LogP contribution in [0.3, 0.4) is 0 Å². The molecule has 8 heteroatoms. The molecule has 1 aromatic carbocycles. The summed E-state index contributed by atoms with van der Waals surface area (Å²) in [6.07, 6.45) is 0. The summed E-state index contributed by atoms with van der Waals surface area (Å²) >= 11 is 0. The molecule has 2 N–H and O–H groups in total. The number of carbonyl (C=O) groups is 1. The van der Waals surface area contributed by atoms with Crippen molar-refractivity contribution in [3.05, 3.63) is 33.9 Å². The van der Waals surface area contributed by atoms with Gasteiger partial charge < -0.3 is 15.4 Å². The zero-order valence-electron chi connectivity index (χ0n) is 11.4. The molecule has 1 saturated heterocycles. The maximum atomic E-state index is 11.8. The molecule has 2 rings (SSSR count). The summed E-state index contributed by atoms with van der Waals surface area (Å²) in [5, 5.41) is 25.2. The smallest absolute Gasteiger partial charge is 0.270 e. The molecule has 8 nitrogen and oxygen atoms in total. The quantitative estimate of drug-likeness (QED) is 0.611. The lowest BCUT2D eigenvalue weighted by Gasteiger charge is -2.38. The lowest BCUT2D eigenvalue weighted by atomic mass is 10.0. The molecule has 0 radical (unpaired) electrons. The summed E-state index contributed by atoms with van der Waals surface area (Å²) < 4.78 is 5.47. The van der Waals surface area contributed by atoms with E-state index >= 15 is 0 Å². The molecule has 0 spiro atoms. The number of nitriles is 1. The summed E-state index contributed by atoms with van der Waals surface area (Å²) in [5.41, 5.74) is -0.276. The number of amides is 1. The Morgan fingerprint density at radius 2 is 2.33 bits per heavy atom. The van der Waals surface area contributed by atoms with E-state index in [0.29, 0.717) is 13.1 Å². The number of nitro groups is 1. The van der Waals surface area contributed by atoms with E-state index in [0.717, 1.165) is 6.07 Å². The van der Waals surface area contributed by atoms with Crippen LogP contribution >= 0.6 is 0 Å². The largest absolute Gasteiger partial charge is 0.363 e. The van der Waals surface area contributed by atoms with Gasteiger partial charge in [0.1, 0.15) is 12.7 Å². The van der Waals surface area contributed by atoms with Crippen LogP contribution in [0.2, 0.25) is 0 Å². The Morgan fingerprint density at radius 3 is 2.86 bits per heavy atom. The highest BCUT2D eigenvalue weighted by atomic mass is 16.6. The van der Waals surface area contributed by atoms with Crippen LogP contribution in [-0.4, -0.2) is 36.1 Å². The van der Waals surface area contributed by atoms with Crippen LogP contribution in [0.4, 0.5) is 11.4 Å². The molecule has 0 bridgehead atoms. The second-order valence-electron chi connectivity index (χ2n) is 4.99. The molecule has 1 amide bonds. The van der Waals surface area contributed by atoms with Gasteiger partial charge in [-0.1, -0.05) is 0 Å². The first kappa shape index (κ1) is 14.9. The van der Waals surface area contributed by atoms with Gasteiger partial charge in [-0.3, -0.25) is 14.9 Å². The van der Waals surface area contributed by atoms with E-state index in [1.54, 1.807) is 0 Å². The maximum Gasteiger partial charge on any atom is 0.270 e. The van der Waals surface area contributed by atoms with Gasteiger partial charge in [-0.05, 0) is 13.0 Å². The lowest BCUT2D eigenvalue weighted by molar-refractivity contribution is -0.384. The molecule has 1 aliphatic heterocycles. The zero-order valence-corrected chi connectivity index (χ0v) is 11.4. The van der Waals surface area contributed by atoms with Crippen LogP contribution < -0.4 is 10.6 Å². The number of benzene rings is 1. The van der Waals surface area contributed by atoms with E-state index in [1.165, 1.54) is 12.1 Å². The summed E-state index contributed by atoms with van der Waals surface area (Å²) in [6, 6.07) is 5.50. The van der Waals surface area contributed by atoms with Gasteiger partial charge in [0, 0.05) is 25.2 Å². The molecule has 0 saturated carbocycles. The van der Waals surface area contributed by atoms with E-state index in [1.807, 2.05) is 13.0 Å². The molecular weight excluding hydrogens is 276 g/mol. The van der Waals surface area contributed by atoms with Gasteiger partial charge in [-0.25, -0.2) is 0 Å². The molecule has 21 heavy (non-hydrogen) atoms. The van der Waals surface area contributed by atoms with Crippen LogP contribution in [0.5, 0.6) is 0 Å².